The molecule has 0 amide bonds. The number of hydrogen-bond donors (Lipinski definition) is 0. The van der Waals surface area contributed by atoms with Gasteiger partial charge in [0.1, 0.15) is 16.1 Å². The number of hydrogen-bond acceptors (Lipinski definition) is 0. The van der Waals surface area contributed by atoms with E-state index in [0.717, 1.165) is 22.3 Å². The van der Waals surface area contributed by atoms with Crippen LogP contribution in [0.2, 0.25) is 33.2 Å². The maximum atomic E-state index is 6.06. The van der Waals surface area contributed by atoms with Crippen LogP contribution in [0.5, 0.6) is 0 Å². The van der Waals surface area contributed by atoms with Crippen molar-refractivity contribution in [1.82, 2.24) is 0 Å². The Balaban J connectivity index is 0.00000205. The second-order valence-corrected chi connectivity index (χ2v) is 31.7. The third-order valence-corrected chi connectivity index (χ3v) is 25.4. The molecule has 0 atom stereocenters. The quantitative estimate of drug-likeness (QED) is 0.200. The molecule has 2 radical (unpaired) electrons. The summed E-state index contributed by atoms with van der Waals surface area (Å²) in [4.78, 5) is 0. The zero-order chi connectivity index (χ0) is 46.1. The fourth-order valence-corrected chi connectivity index (χ4v) is 19.7. The maximum Gasteiger partial charge on any atom is 0.146 e. The van der Waals surface area contributed by atoms with E-state index in [9.17, 15) is 0 Å². The summed E-state index contributed by atoms with van der Waals surface area (Å²) in [5.41, 5.74) is 19.9. The first-order chi connectivity index (χ1) is 28.4. The summed E-state index contributed by atoms with van der Waals surface area (Å²) in [6.45, 7) is 41.6. The van der Waals surface area contributed by atoms with Crippen molar-refractivity contribution in [1.29, 1.82) is 0 Å². The van der Waals surface area contributed by atoms with Crippen LogP contribution in [0, 0.1) is 77.7 Å². The number of benzene rings is 2. The Kier molecular flexibility index (Phi) is 19.4. The summed E-state index contributed by atoms with van der Waals surface area (Å²) < 4.78 is 0. The molecule has 2 aromatic rings. The molecule has 0 heterocycles. The van der Waals surface area contributed by atoms with Crippen LogP contribution >= 0.6 is 0 Å². The predicted molar refractivity (Wildman–Crippen MR) is 274 cm³/mol. The minimum Gasteiger partial charge on any atom is -0.125 e. The molecule has 0 spiro atoms. The van der Waals surface area contributed by atoms with Gasteiger partial charge in [0.25, 0.3) is 0 Å². The van der Waals surface area contributed by atoms with E-state index in [4.69, 9.17) is 12.8 Å². The zero-order valence-corrected chi connectivity index (χ0v) is 44.3. The van der Waals surface area contributed by atoms with Crippen LogP contribution in [0.15, 0.2) is 83.0 Å². The molecule has 0 saturated carbocycles. The smallest absolute Gasteiger partial charge is 0.125 e. The van der Waals surface area contributed by atoms with Crippen molar-refractivity contribution in [3.63, 3.8) is 0 Å². The molecule has 4 rings (SSSR count). The minimum absolute atomic E-state index is 0. The van der Waals surface area contributed by atoms with Crippen LogP contribution in [0.4, 0.5) is 0 Å². The van der Waals surface area contributed by atoms with Gasteiger partial charge in [-0.1, -0.05) is 208 Å². The largest absolute Gasteiger partial charge is 0.146 e. The molecule has 3 heteroatoms. The number of terminal acetylenes is 2. The predicted octanol–water partition coefficient (Wildman–Crippen LogP) is 15.0. The molecule has 62 heavy (non-hydrogen) atoms. The Morgan fingerprint density at radius 1 is 0.403 bits per heavy atom. The standard InChI is InChI=1S/C54H68Si2.C5H5.Co/c1-21-49-50(22-2)52(30-26-44-24-28-48(54(18,19)20)36-46(44)32-34-56(40(9)10,41(11)12)42(13)14)51(49)29-25-43-23-27-47(53(15,16)17)35-45(43)31-33-55(37(3)4,38(5)6)39(7)8;1-2-4-5-3-1;/h1-2,23-24,27-28,35-42H,3-20H3;1-5H;. The van der Waals surface area contributed by atoms with Crippen LogP contribution < -0.4 is 0 Å². The van der Waals surface area contributed by atoms with Crippen molar-refractivity contribution in [3.05, 3.63) is 123 Å². The van der Waals surface area contributed by atoms with E-state index in [1.165, 1.54) is 11.1 Å². The second kappa shape index (κ2) is 22.4. The van der Waals surface area contributed by atoms with Gasteiger partial charge < -0.3 is 0 Å². The first-order valence-electron chi connectivity index (χ1n) is 22.4. The zero-order valence-electron chi connectivity index (χ0n) is 41.3. The molecule has 0 saturated heterocycles. The topological polar surface area (TPSA) is 0 Å². The van der Waals surface area contributed by atoms with Crippen molar-refractivity contribution in [2.75, 3.05) is 0 Å². The third-order valence-electron chi connectivity index (χ3n) is 12.8. The van der Waals surface area contributed by atoms with E-state index in [1.54, 1.807) is 0 Å². The van der Waals surface area contributed by atoms with Gasteiger partial charge in [-0.25, -0.2) is 0 Å². The van der Waals surface area contributed by atoms with E-state index >= 15 is 0 Å². The molecule has 2 aliphatic carbocycles. The van der Waals surface area contributed by atoms with Crippen LogP contribution in [-0.2, 0) is 27.6 Å². The second-order valence-electron chi connectivity index (χ2n) is 20.6. The van der Waals surface area contributed by atoms with Gasteiger partial charge in [-0.2, -0.15) is 0 Å². The van der Waals surface area contributed by atoms with Crippen molar-refractivity contribution >= 4 is 16.1 Å². The van der Waals surface area contributed by atoms with Crippen molar-refractivity contribution < 1.29 is 16.8 Å². The molecule has 0 unspecified atom stereocenters. The molecule has 2 aromatic carbocycles. The van der Waals surface area contributed by atoms with Crippen LogP contribution in [-0.4, -0.2) is 16.1 Å². The van der Waals surface area contributed by atoms with E-state index in [2.05, 4.69) is 219 Å². The summed E-state index contributed by atoms with van der Waals surface area (Å²) in [6.07, 6.45) is 22.1. The molecule has 0 fully saturated rings. The van der Waals surface area contributed by atoms with Crippen molar-refractivity contribution in [3.8, 4) is 71.3 Å². The van der Waals surface area contributed by atoms with Gasteiger partial charge in [-0.05, 0) is 79.5 Å². The van der Waals surface area contributed by atoms with E-state index in [-0.39, 0.29) is 27.6 Å². The average molecular weight is 897 g/mol. The molecule has 0 nitrogen and oxygen atoms in total. The molecule has 0 N–H and O–H groups in total. The van der Waals surface area contributed by atoms with Gasteiger partial charge in [-0.15, -0.1) is 23.9 Å². The van der Waals surface area contributed by atoms with E-state index in [0.29, 0.717) is 55.5 Å². The van der Waals surface area contributed by atoms with Gasteiger partial charge in [0.2, 0.25) is 0 Å². The third kappa shape index (κ3) is 12.2. The van der Waals surface area contributed by atoms with E-state index < -0.39 is 16.1 Å². The van der Waals surface area contributed by atoms with Gasteiger partial charge in [-0.3, -0.25) is 0 Å². The Hall–Kier alpha value is -4.30. The summed E-state index contributed by atoms with van der Waals surface area (Å²) in [7, 11) is -3.95. The van der Waals surface area contributed by atoms with Crippen LogP contribution in [0.25, 0.3) is 0 Å². The summed E-state index contributed by atoms with van der Waals surface area (Å²) in [5.74, 6) is 26.9. The summed E-state index contributed by atoms with van der Waals surface area (Å²) >= 11 is 0. The number of allylic oxidation sites excluding steroid dienone is 8. The molecular formula is C59H73CoSi2. The first kappa shape index (κ1) is 53.8. The van der Waals surface area contributed by atoms with Gasteiger partial charge in [0.05, 0.1) is 22.3 Å². The Morgan fingerprint density at radius 3 is 0.935 bits per heavy atom. The van der Waals surface area contributed by atoms with Crippen molar-refractivity contribution in [2.45, 2.75) is 169 Å². The monoisotopic (exact) mass is 896 g/mol. The number of rotatable bonds is 6. The van der Waals surface area contributed by atoms with Crippen LogP contribution in [0.3, 0.4) is 0 Å². The van der Waals surface area contributed by atoms with Crippen molar-refractivity contribution in [2.24, 2.45) is 0 Å². The molecule has 2 aliphatic rings. The fraction of sp³-hybridized carbons (Fsp3) is 0.441. The SMILES string of the molecule is C#CC1=C(C#Cc2ccc(C(C)(C)C)cc2C#C[Si](C(C)C)(C(C)C)C(C)C)C(C#Cc2ccc(C(C)(C)C)cc2C#C[Si](C(C)C)(C(C)C)C(C)C)=C1C#C.[CH]1C=CC=C1.[Co]. The Labute approximate surface area is 393 Å². The average Bonchev–Trinajstić information content (AvgIpc) is 3.75. The Bertz CT molecular complexity index is 2200. The normalized spacial score (nSPS) is 13.5. The molecule has 326 valence electrons. The summed E-state index contributed by atoms with van der Waals surface area (Å²) in [5, 5.41) is 0. The molecule has 0 aromatic heterocycles. The maximum absolute atomic E-state index is 6.06. The molecule has 0 aliphatic heterocycles. The fourth-order valence-electron chi connectivity index (χ4n) is 9.22. The van der Waals surface area contributed by atoms with Crippen LogP contribution in [0.1, 0.15) is 158 Å². The minimum atomic E-state index is -1.98. The first-order valence-corrected chi connectivity index (χ1v) is 26.8. The van der Waals surface area contributed by atoms with Gasteiger partial charge in [0, 0.05) is 45.5 Å². The van der Waals surface area contributed by atoms with Gasteiger partial charge in [0.15, 0.2) is 0 Å². The van der Waals surface area contributed by atoms with E-state index in [1.807, 2.05) is 30.7 Å². The molecule has 0 bridgehead atoms. The van der Waals surface area contributed by atoms with Gasteiger partial charge >= 0.3 is 0 Å². The molecular weight excluding hydrogens is 824 g/mol. The summed E-state index contributed by atoms with van der Waals surface area (Å²) in [6, 6.07) is 13.0. The Morgan fingerprint density at radius 2 is 0.710 bits per heavy atom.